The first kappa shape index (κ1) is 15.1. The number of amides is 1. The van der Waals surface area contributed by atoms with Crippen molar-refractivity contribution in [3.8, 4) is 11.5 Å². The molecule has 124 valence electrons. The molecule has 1 amide bonds. The second-order valence-electron chi connectivity index (χ2n) is 6.16. The van der Waals surface area contributed by atoms with E-state index in [0.717, 1.165) is 30.7 Å². The molecule has 1 fully saturated rings. The Bertz CT molecular complexity index is 759. The first-order chi connectivity index (χ1) is 11.7. The van der Waals surface area contributed by atoms with E-state index in [1.54, 1.807) is 23.5 Å². The standard InChI is InChI=1S/C17H19N5O2/c1-11-13-4-5-15(23)22(10-12-3-2-8-24-12)17(13)21-16(20-11)14-9-18-6-7-19-14/h6-7,9,12H,2-5,8,10H2,1H3. The lowest BCUT2D eigenvalue weighted by atomic mass is 10.0. The fraction of sp³-hybridized carbons (Fsp3) is 0.471. The summed E-state index contributed by atoms with van der Waals surface area (Å²) in [5, 5.41) is 0. The molecule has 4 rings (SSSR count). The van der Waals surface area contributed by atoms with Crippen LogP contribution < -0.4 is 4.90 Å². The number of anilines is 1. The Morgan fingerprint density at radius 1 is 1.29 bits per heavy atom. The van der Waals surface area contributed by atoms with Crippen LogP contribution in [-0.4, -0.2) is 45.1 Å². The van der Waals surface area contributed by atoms with Crippen LogP contribution in [0.3, 0.4) is 0 Å². The van der Waals surface area contributed by atoms with Crippen LogP contribution in [0.5, 0.6) is 0 Å². The van der Waals surface area contributed by atoms with Crippen molar-refractivity contribution < 1.29 is 9.53 Å². The second kappa shape index (κ2) is 6.24. The van der Waals surface area contributed by atoms with Crippen molar-refractivity contribution in [3.63, 3.8) is 0 Å². The highest BCUT2D eigenvalue weighted by molar-refractivity contribution is 5.95. The SMILES string of the molecule is Cc1nc(-c2cnccn2)nc2c1CCC(=O)N2CC1CCCO1. The predicted molar refractivity (Wildman–Crippen MR) is 87.4 cm³/mol. The van der Waals surface area contributed by atoms with Crippen LogP contribution in [0.15, 0.2) is 18.6 Å². The van der Waals surface area contributed by atoms with Gasteiger partial charge < -0.3 is 4.74 Å². The summed E-state index contributed by atoms with van der Waals surface area (Å²) in [6.45, 7) is 3.29. The van der Waals surface area contributed by atoms with Gasteiger partial charge in [-0.1, -0.05) is 0 Å². The molecular weight excluding hydrogens is 306 g/mol. The van der Waals surface area contributed by atoms with E-state index in [-0.39, 0.29) is 12.0 Å². The number of fused-ring (bicyclic) bond motifs is 1. The third kappa shape index (κ3) is 2.75. The van der Waals surface area contributed by atoms with Crippen molar-refractivity contribution >= 4 is 11.7 Å². The van der Waals surface area contributed by atoms with E-state index in [9.17, 15) is 4.79 Å². The zero-order valence-electron chi connectivity index (χ0n) is 13.6. The number of rotatable bonds is 3. The highest BCUT2D eigenvalue weighted by Crippen LogP contribution is 2.31. The number of hydrogen-bond acceptors (Lipinski definition) is 6. The lowest BCUT2D eigenvalue weighted by molar-refractivity contribution is -0.119. The van der Waals surface area contributed by atoms with Gasteiger partial charge in [0.05, 0.1) is 18.8 Å². The maximum Gasteiger partial charge on any atom is 0.228 e. The van der Waals surface area contributed by atoms with Gasteiger partial charge in [0.15, 0.2) is 5.82 Å². The average molecular weight is 325 g/mol. The summed E-state index contributed by atoms with van der Waals surface area (Å²) in [4.78, 5) is 31.8. The van der Waals surface area contributed by atoms with Gasteiger partial charge in [-0.05, 0) is 26.2 Å². The zero-order chi connectivity index (χ0) is 16.5. The molecule has 1 unspecified atom stereocenters. The largest absolute Gasteiger partial charge is 0.376 e. The summed E-state index contributed by atoms with van der Waals surface area (Å²) in [5.41, 5.74) is 2.55. The van der Waals surface area contributed by atoms with Gasteiger partial charge in [0.2, 0.25) is 5.91 Å². The monoisotopic (exact) mass is 325 g/mol. The van der Waals surface area contributed by atoms with E-state index < -0.39 is 0 Å². The molecule has 0 radical (unpaired) electrons. The van der Waals surface area contributed by atoms with Gasteiger partial charge in [-0.15, -0.1) is 0 Å². The maximum absolute atomic E-state index is 12.5. The summed E-state index contributed by atoms with van der Waals surface area (Å²) in [7, 11) is 0. The molecule has 0 saturated carbocycles. The van der Waals surface area contributed by atoms with Gasteiger partial charge in [0, 0.05) is 36.7 Å². The molecule has 0 N–H and O–H groups in total. The predicted octanol–water partition coefficient (Wildman–Crippen LogP) is 1.70. The fourth-order valence-corrected chi connectivity index (χ4v) is 3.29. The molecular formula is C17H19N5O2. The number of carbonyl (C=O) groups is 1. The molecule has 4 heterocycles. The summed E-state index contributed by atoms with van der Waals surface area (Å²) in [6, 6.07) is 0. The maximum atomic E-state index is 12.5. The fourth-order valence-electron chi connectivity index (χ4n) is 3.29. The van der Waals surface area contributed by atoms with E-state index >= 15 is 0 Å². The molecule has 0 aromatic carbocycles. The van der Waals surface area contributed by atoms with Crippen molar-refractivity contribution in [2.75, 3.05) is 18.1 Å². The van der Waals surface area contributed by atoms with Gasteiger partial charge in [-0.3, -0.25) is 14.7 Å². The van der Waals surface area contributed by atoms with Crippen molar-refractivity contribution in [1.29, 1.82) is 0 Å². The van der Waals surface area contributed by atoms with Gasteiger partial charge >= 0.3 is 0 Å². The van der Waals surface area contributed by atoms with Crippen molar-refractivity contribution in [1.82, 2.24) is 19.9 Å². The van der Waals surface area contributed by atoms with Crippen LogP contribution in [0, 0.1) is 6.92 Å². The Labute approximate surface area is 140 Å². The summed E-state index contributed by atoms with van der Waals surface area (Å²) < 4.78 is 5.70. The van der Waals surface area contributed by atoms with Gasteiger partial charge in [0.25, 0.3) is 0 Å². The molecule has 7 nitrogen and oxygen atoms in total. The van der Waals surface area contributed by atoms with Gasteiger partial charge in [0.1, 0.15) is 11.5 Å². The Morgan fingerprint density at radius 2 is 2.21 bits per heavy atom. The molecule has 24 heavy (non-hydrogen) atoms. The van der Waals surface area contributed by atoms with E-state index in [1.165, 1.54) is 0 Å². The first-order valence-electron chi connectivity index (χ1n) is 8.28. The Hall–Kier alpha value is -2.41. The summed E-state index contributed by atoms with van der Waals surface area (Å²) in [6.07, 6.45) is 8.17. The van der Waals surface area contributed by atoms with Crippen LogP contribution >= 0.6 is 0 Å². The lowest BCUT2D eigenvalue weighted by Crippen LogP contribution is -2.41. The number of carbonyl (C=O) groups excluding carboxylic acids is 1. The third-order valence-electron chi connectivity index (χ3n) is 4.54. The highest BCUT2D eigenvalue weighted by atomic mass is 16.5. The summed E-state index contributed by atoms with van der Waals surface area (Å²) in [5.74, 6) is 1.31. The van der Waals surface area contributed by atoms with Crippen LogP contribution in [0.25, 0.3) is 11.5 Å². The molecule has 0 bridgehead atoms. The quantitative estimate of drug-likeness (QED) is 0.854. The first-order valence-corrected chi connectivity index (χ1v) is 8.28. The van der Waals surface area contributed by atoms with Crippen LogP contribution in [0.4, 0.5) is 5.82 Å². The normalized spacial score (nSPS) is 20.3. The average Bonchev–Trinajstić information content (AvgIpc) is 3.11. The summed E-state index contributed by atoms with van der Waals surface area (Å²) >= 11 is 0. The Kier molecular flexibility index (Phi) is 3.93. The third-order valence-corrected chi connectivity index (χ3v) is 4.54. The zero-order valence-corrected chi connectivity index (χ0v) is 13.6. The van der Waals surface area contributed by atoms with E-state index in [2.05, 4.69) is 19.9 Å². The minimum absolute atomic E-state index is 0.0927. The van der Waals surface area contributed by atoms with Crippen LogP contribution in [0.2, 0.25) is 0 Å². The van der Waals surface area contributed by atoms with Crippen molar-refractivity contribution in [2.24, 2.45) is 0 Å². The Morgan fingerprint density at radius 3 is 2.96 bits per heavy atom. The lowest BCUT2D eigenvalue weighted by Gasteiger charge is -2.30. The van der Waals surface area contributed by atoms with Crippen LogP contribution in [0.1, 0.15) is 30.5 Å². The number of aryl methyl sites for hydroxylation is 1. The van der Waals surface area contributed by atoms with E-state index in [1.807, 2.05) is 6.92 Å². The van der Waals surface area contributed by atoms with Crippen LogP contribution in [-0.2, 0) is 16.0 Å². The molecule has 1 saturated heterocycles. The molecule has 2 aromatic rings. The highest BCUT2D eigenvalue weighted by Gasteiger charge is 2.31. The number of hydrogen-bond donors (Lipinski definition) is 0. The molecule has 1 atom stereocenters. The molecule has 2 aliphatic heterocycles. The topological polar surface area (TPSA) is 81.1 Å². The van der Waals surface area contributed by atoms with Gasteiger partial charge in [-0.2, -0.15) is 0 Å². The minimum Gasteiger partial charge on any atom is -0.376 e. The molecule has 2 aliphatic rings. The van der Waals surface area contributed by atoms with Crippen molar-refractivity contribution in [2.45, 2.75) is 38.7 Å². The smallest absolute Gasteiger partial charge is 0.228 e. The van der Waals surface area contributed by atoms with E-state index in [0.29, 0.717) is 36.7 Å². The minimum atomic E-state index is 0.0927. The van der Waals surface area contributed by atoms with E-state index in [4.69, 9.17) is 4.74 Å². The van der Waals surface area contributed by atoms with Gasteiger partial charge in [-0.25, -0.2) is 15.0 Å². The molecule has 0 spiro atoms. The van der Waals surface area contributed by atoms with Crippen molar-refractivity contribution in [3.05, 3.63) is 29.8 Å². The molecule has 7 heteroatoms. The molecule has 0 aliphatic carbocycles. The Balaban J connectivity index is 1.74. The number of aromatic nitrogens is 4. The number of ether oxygens (including phenoxy) is 1. The molecule has 2 aromatic heterocycles. The second-order valence-corrected chi connectivity index (χ2v) is 6.16. The number of nitrogens with zero attached hydrogens (tertiary/aromatic N) is 5.